The SMILES string of the molecule is Cc1nn(C)c(C)c1[C@H](C)NC(=O)N(CCO)C1CC1. The predicted octanol–water partition coefficient (Wildman–Crippen LogP) is 1.26. The molecule has 1 aromatic heterocycles. The molecule has 1 saturated carbocycles. The first-order valence-electron chi connectivity index (χ1n) is 7.13. The molecule has 1 fully saturated rings. The fourth-order valence-corrected chi connectivity index (χ4v) is 2.70. The topological polar surface area (TPSA) is 70.4 Å². The van der Waals surface area contributed by atoms with Gasteiger partial charge < -0.3 is 15.3 Å². The van der Waals surface area contributed by atoms with Gasteiger partial charge in [0.25, 0.3) is 0 Å². The van der Waals surface area contributed by atoms with Gasteiger partial charge in [-0.3, -0.25) is 4.68 Å². The summed E-state index contributed by atoms with van der Waals surface area (Å²) < 4.78 is 1.83. The van der Waals surface area contributed by atoms with E-state index in [0.29, 0.717) is 12.6 Å². The van der Waals surface area contributed by atoms with Gasteiger partial charge in [0, 0.05) is 30.9 Å². The van der Waals surface area contributed by atoms with Crippen molar-refractivity contribution in [3.05, 3.63) is 17.0 Å². The average molecular weight is 280 g/mol. The number of aryl methyl sites for hydroxylation is 2. The highest BCUT2D eigenvalue weighted by molar-refractivity contribution is 5.75. The maximum atomic E-state index is 12.3. The Morgan fingerprint density at radius 1 is 1.55 bits per heavy atom. The molecule has 20 heavy (non-hydrogen) atoms. The van der Waals surface area contributed by atoms with Crippen LogP contribution in [0.15, 0.2) is 0 Å². The minimum atomic E-state index is -0.100. The van der Waals surface area contributed by atoms with E-state index in [1.54, 1.807) is 4.90 Å². The molecule has 0 bridgehead atoms. The first kappa shape index (κ1) is 14.8. The predicted molar refractivity (Wildman–Crippen MR) is 76.4 cm³/mol. The van der Waals surface area contributed by atoms with Crippen LogP contribution in [0.2, 0.25) is 0 Å². The van der Waals surface area contributed by atoms with Gasteiger partial charge in [0.1, 0.15) is 0 Å². The number of hydrogen-bond acceptors (Lipinski definition) is 3. The molecule has 0 spiro atoms. The third-order valence-electron chi connectivity index (χ3n) is 3.93. The Morgan fingerprint density at radius 3 is 2.65 bits per heavy atom. The number of nitrogens with zero attached hydrogens (tertiary/aromatic N) is 3. The second-order valence-electron chi connectivity index (χ2n) is 5.53. The van der Waals surface area contributed by atoms with E-state index in [1.165, 1.54) is 0 Å². The number of carbonyl (C=O) groups excluding carboxylic acids is 1. The van der Waals surface area contributed by atoms with Crippen LogP contribution in [0.1, 0.15) is 42.8 Å². The van der Waals surface area contributed by atoms with Crippen molar-refractivity contribution in [2.24, 2.45) is 7.05 Å². The van der Waals surface area contributed by atoms with Crippen LogP contribution < -0.4 is 5.32 Å². The Hall–Kier alpha value is -1.56. The van der Waals surface area contributed by atoms with Crippen molar-refractivity contribution >= 4 is 6.03 Å². The zero-order valence-corrected chi connectivity index (χ0v) is 12.7. The summed E-state index contributed by atoms with van der Waals surface area (Å²) in [5.74, 6) is 0. The van der Waals surface area contributed by atoms with E-state index >= 15 is 0 Å². The van der Waals surface area contributed by atoms with Crippen molar-refractivity contribution in [2.45, 2.75) is 45.7 Å². The Morgan fingerprint density at radius 2 is 2.20 bits per heavy atom. The van der Waals surface area contributed by atoms with E-state index in [4.69, 9.17) is 5.11 Å². The smallest absolute Gasteiger partial charge is 0.318 e. The molecule has 2 rings (SSSR count). The molecule has 1 aliphatic carbocycles. The van der Waals surface area contributed by atoms with Crippen LogP contribution in [0.4, 0.5) is 4.79 Å². The lowest BCUT2D eigenvalue weighted by molar-refractivity contribution is 0.171. The van der Waals surface area contributed by atoms with Crippen molar-refractivity contribution in [2.75, 3.05) is 13.2 Å². The molecule has 1 heterocycles. The number of aromatic nitrogens is 2. The minimum absolute atomic E-state index is 0.00322. The van der Waals surface area contributed by atoms with E-state index in [1.807, 2.05) is 32.5 Å². The fourth-order valence-electron chi connectivity index (χ4n) is 2.70. The van der Waals surface area contributed by atoms with Gasteiger partial charge in [0.2, 0.25) is 0 Å². The lowest BCUT2D eigenvalue weighted by atomic mass is 10.1. The quantitative estimate of drug-likeness (QED) is 0.853. The zero-order chi connectivity index (χ0) is 14.9. The highest BCUT2D eigenvalue weighted by atomic mass is 16.3. The number of aliphatic hydroxyl groups excluding tert-OH is 1. The van der Waals surface area contributed by atoms with Gasteiger partial charge >= 0.3 is 6.03 Å². The Kier molecular flexibility index (Phi) is 4.32. The van der Waals surface area contributed by atoms with Crippen molar-refractivity contribution in [3.63, 3.8) is 0 Å². The van der Waals surface area contributed by atoms with E-state index in [-0.39, 0.29) is 18.7 Å². The summed E-state index contributed by atoms with van der Waals surface area (Å²) in [6.45, 7) is 6.33. The maximum absolute atomic E-state index is 12.3. The number of hydrogen-bond donors (Lipinski definition) is 2. The third-order valence-corrected chi connectivity index (χ3v) is 3.93. The first-order valence-corrected chi connectivity index (χ1v) is 7.13. The molecule has 6 nitrogen and oxygen atoms in total. The second kappa shape index (κ2) is 5.83. The van der Waals surface area contributed by atoms with Gasteiger partial charge in [0.15, 0.2) is 0 Å². The number of amides is 2. The fraction of sp³-hybridized carbons (Fsp3) is 0.714. The van der Waals surface area contributed by atoms with Gasteiger partial charge in [0.05, 0.1) is 18.3 Å². The molecule has 0 radical (unpaired) electrons. The summed E-state index contributed by atoms with van der Waals surface area (Å²) in [7, 11) is 1.91. The molecular formula is C14H24N4O2. The van der Waals surface area contributed by atoms with Crippen molar-refractivity contribution in [3.8, 4) is 0 Å². The van der Waals surface area contributed by atoms with Crippen LogP contribution in [0, 0.1) is 13.8 Å². The molecule has 0 unspecified atom stereocenters. The highest BCUT2D eigenvalue weighted by Crippen LogP contribution is 2.27. The van der Waals surface area contributed by atoms with Gasteiger partial charge in [-0.25, -0.2) is 4.79 Å². The minimum Gasteiger partial charge on any atom is -0.395 e. The van der Waals surface area contributed by atoms with Gasteiger partial charge in [-0.1, -0.05) is 0 Å². The monoisotopic (exact) mass is 280 g/mol. The maximum Gasteiger partial charge on any atom is 0.318 e. The van der Waals surface area contributed by atoms with Crippen LogP contribution in [-0.2, 0) is 7.05 Å². The number of aliphatic hydroxyl groups is 1. The van der Waals surface area contributed by atoms with Crippen LogP contribution >= 0.6 is 0 Å². The molecular weight excluding hydrogens is 256 g/mol. The molecule has 0 aromatic carbocycles. The lowest BCUT2D eigenvalue weighted by Gasteiger charge is -2.24. The molecule has 2 N–H and O–H groups in total. The van der Waals surface area contributed by atoms with E-state index in [0.717, 1.165) is 29.8 Å². The summed E-state index contributed by atoms with van der Waals surface area (Å²) >= 11 is 0. The molecule has 6 heteroatoms. The summed E-state index contributed by atoms with van der Waals surface area (Å²) in [4.78, 5) is 14.0. The van der Waals surface area contributed by atoms with Crippen molar-refractivity contribution < 1.29 is 9.90 Å². The number of urea groups is 1. The van der Waals surface area contributed by atoms with Crippen LogP contribution in [0.25, 0.3) is 0 Å². The lowest BCUT2D eigenvalue weighted by Crippen LogP contribution is -2.43. The van der Waals surface area contributed by atoms with E-state index in [2.05, 4.69) is 10.4 Å². The van der Waals surface area contributed by atoms with Crippen LogP contribution in [0.5, 0.6) is 0 Å². The summed E-state index contributed by atoms with van der Waals surface area (Å²) in [6.07, 6.45) is 2.07. The van der Waals surface area contributed by atoms with Gasteiger partial charge in [-0.05, 0) is 33.6 Å². The van der Waals surface area contributed by atoms with Gasteiger partial charge in [-0.2, -0.15) is 5.10 Å². The Bertz CT molecular complexity index is 494. The Labute approximate surface area is 119 Å². The third kappa shape index (κ3) is 2.95. The normalized spacial score (nSPS) is 16.1. The largest absolute Gasteiger partial charge is 0.395 e. The molecule has 1 aromatic rings. The molecule has 112 valence electrons. The zero-order valence-electron chi connectivity index (χ0n) is 12.7. The first-order chi connectivity index (χ1) is 9.45. The Balaban J connectivity index is 2.06. The second-order valence-corrected chi connectivity index (χ2v) is 5.53. The molecule has 0 saturated heterocycles. The summed E-state index contributed by atoms with van der Waals surface area (Å²) in [5.41, 5.74) is 3.08. The summed E-state index contributed by atoms with van der Waals surface area (Å²) in [6, 6.07) is 0.110. The van der Waals surface area contributed by atoms with Crippen molar-refractivity contribution in [1.29, 1.82) is 0 Å². The van der Waals surface area contributed by atoms with E-state index < -0.39 is 0 Å². The molecule has 1 atom stereocenters. The molecule has 0 aliphatic heterocycles. The van der Waals surface area contributed by atoms with Crippen molar-refractivity contribution in [1.82, 2.24) is 20.0 Å². The van der Waals surface area contributed by atoms with Crippen LogP contribution in [0.3, 0.4) is 0 Å². The number of nitrogens with one attached hydrogen (secondary N) is 1. The number of rotatable bonds is 5. The van der Waals surface area contributed by atoms with Crippen LogP contribution in [-0.4, -0.2) is 45.0 Å². The highest BCUT2D eigenvalue weighted by Gasteiger charge is 2.33. The molecule has 1 aliphatic rings. The average Bonchev–Trinajstić information content (AvgIpc) is 3.15. The molecule has 2 amide bonds. The van der Waals surface area contributed by atoms with Gasteiger partial charge in [-0.15, -0.1) is 0 Å². The van der Waals surface area contributed by atoms with E-state index in [9.17, 15) is 4.79 Å². The summed E-state index contributed by atoms with van der Waals surface area (Å²) in [5, 5.41) is 16.5. The standard InChI is InChI=1S/C14H24N4O2/c1-9(13-10(2)16-17(4)11(13)3)15-14(20)18(7-8-19)12-5-6-12/h9,12,19H,5-8H2,1-4H3,(H,15,20)/t9-/m0/s1. The number of carbonyl (C=O) groups is 1.